The molecule has 1 aliphatic rings. The van der Waals surface area contributed by atoms with Crippen molar-refractivity contribution in [3.8, 4) is 5.75 Å². The monoisotopic (exact) mass is 455 g/mol. The molecule has 2 rings (SSSR count). The smallest absolute Gasteiger partial charge is 0.306 e. The number of esters is 1. The van der Waals surface area contributed by atoms with Gasteiger partial charge in [0.15, 0.2) is 0 Å². The zero-order chi connectivity index (χ0) is 23.0. The molecule has 9 nitrogen and oxygen atoms in total. The third-order valence-corrected chi connectivity index (χ3v) is 7.36. The lowest BCUT2D eigenvalue weighted by Gasteiger charge is -2.37. The SMILES string of the molecule is CCOC(=O)CCC(=O)N1CCN(c2cc(S(=O)(=O)N(CC)CC)ccc2OC)CC1. The van der Waals surface area contributed by atoms with Crippen LogP contribution >= 0.6 is 0 Å². The van der Waals surface area contributed by atoms with E-state index in [1.165, 1.54) is 4.31 Å². The molecule has 1 fully saturated rings. The number of amides is 1. The number of hydrogen-bond donors (Lipinski definition) is 0. The van der Waals surface area contributed by atoms with Gasteiger partial charge in [-0.2, -0.15) is 4.31 Å². The molecule has 0 aliphatic carbocycles. The van der Waals surface area contributed by atoms with E-state index in [-0.39, 0.29) is 29.6 Å². The van der Waals surface area contributed by atoms with Crippen LogP contribution in [0.25, 0.3) is 0 Å². The third kappa shape index (κ3) is 6.10. The van der Waals surface area contributed by atoms with Gasteiger partial charge in [0.05, 0.1) is 30.7 Å². The Bertz CT molecular complexity index is 862. The van der Waals surface area contributed by atoms with Crippen LogP contribution in [-0.2, 0) is 24.3 Å². The summed E-state index contributed by atoms with van der Waals surface area (Å²) in [5.74, 6) is 0.128. The van der Waals surface area contributed by atoms with Gasteiger partial charge in [0.1, 0.15) is 5.75 Å². The van der Waals surface area contributed by atoms with Gasteiger partial charge in [-0.1, -0.05) is 13.8 Å². The minimum atomic E-state index is -3.59. The Labute approximate surface area is 184 Å². The summed E-state index contributed by atoms with van der Waals surface area (Å²) in [5.41, 5.74) is 0.689. The Kier molecular flexibility index (Phi) is 9.12. The largest absolute Gasteiger partial charge is 0.495 e. The van der Waals surface area contributed by atoms with Crippen molar-refractivity contribution < 1.29 is 27.5 Å². The molecule has 1 saturated heterocycles. The zero-order valence-electron chi connectivity index (χ0n) is 18.8. The lowest BCUT2D eigenvalue weighted by atomic mass is 10.2. The van der Waals surface area contributed by atoms with Crippen molar-refractivity contribution in [3.63, 3.8) is 0 Å². The average Bonchev–Trinajstić information content (AvgIpc) is 2.78. The standard InChI is InChI=1S/C21H33N3O6S/c1-5-24(6-2)31(27,28)17-8-9-19(29-4)18(16-17)22-12-14-23(15-13-22)20(25)10-11-21(26)30-7-3/h8-9,16H,5-7,10-15H2,1-4H3. The topological polar surface area (TPSA) is 96.5 Å². The summed E-state index contributed by atoms with van der Waals surface area (Å²) in [5, 5.41) is 0. The van der Waals surface area contributed by atoms with Crippen molar-refractivity contribution in [1.29, 1.82) is 0 Å². The minimum Gasteiger partial charge on any atom is -0.495 e. The third-order valence-electron chi connectivity index (χ3n) is 5.31. The molecule has 1 aromatic carbocycles. The van der Waals surface area contributed by atoms with Crippen LogP contribution in [-0.4, -0.2) is 82.5 Å². The molecule has 1 heterocycles. The van der Waals surface area contributed by atoms with Crippen molar-refractivity contribution in [2.45, 2.75) is 38.5 Å². The maximum absolute atomic E-state index is 12.9. The van der Waals surface area contributed by atoms with Crippen molar-refractivity contribution >= 4 is 27.6 Å². The van der Waals surface area contributed by atoms with E-state index in [1.54, 1.807) is 37.1 Å². The van der Waals surface area contributed by atoms with Crippen LogP contribution < -0.4 is 9.64 Å². The Morgan fingerprint density at radius 1 is 1.03 bits per heavy atom. The van der Waals surface area contributed by atoms with Gasteiger partial charge in [-0.25, -0.2) is 8.42 Å². The molecule has 0 N–H and O–H groups in total. The van der Waals surface area contributed by atoms with E-state index < -0.39 is 10.0 Å². The molecule has 1 aliphatic heterocycles. The highest BCUT2D eigenvalue weighted by Gasteiger charge is 2.27. The van der Waals surface area contributed by atoms with Gasteiger partial charge >= 0.3 is 5.97 Å². The Morgan fingerprint density at radius 3 is 2.23 bits per heavy atom. The second kappa shape index (κ2) is 11.3. The maximum atomic E-state index is 12.9. The average molecular weight is 456 g/mol. The first-order chi connectivity index (χ1) is 14.8. The molecule has 174 valence electrons. The molecule has 0 bridgehead atoms. The van der Waals surface area contributed by atoms with Crippen LogP contribution in [0.5, 0.6) is 5.75 Å². The van der Waals surface area contributed by atoms with Gasteiger partial charge in [-0.05, 0) is 25.1 Å². The maximum Gasteiger partial charge on any atom is 0.306 e. The van der Waals surface area contributed by atoms with Crippen molar-refractivity contribution in [1.82, 2.24) is 9.21 Å². The van der Waals surface area contributed by atoms with Crippen LogP contribution in [0.2, 0.25) is 0 Å². The highest BCUT2D eigenvalue weighted by Crippen LogP contribution is 2.32. The predicted octanol–water partition coefficient (Wildman–Crippen LogP) is 1.72. The summed E-state index contributed by atoms with van der Waals surface area (Å²) in [6.07, 6.45) is 0.200. The van der Waals surface area contributed by atoms with E-state index in [1.807, 2.05) is 18.7 Å². The van der Waals surface area contributed by atoms with E-state index in [0.29, 0.717) is 57.3 Å². The summed E-state index contributed by atoms with van der Waals surface area (Å²) in [6, 6.07) is 4.87. The number of nitrogens with zero attached hydrogens (tertiary/aromatic N) is 3. The normalized spacial score (nSPS) is 14.6. The molecule has 0 atom stereocenters. The van der Waals surface area contributed by atoms with E-state index in [0.717, 1.165) is 0 Å². The van der Waals surface area contributed by atoms with Gasteiger partial charge in [0, 0.05) is 45.7 Å². The molecule has 0 aromatic heterocycles. The number of hydrogen-bond acceptors (Lipinski definition) is 7. The van der Waals surface area contributed by atoms with Gasteiger partial charge in [0.2, 0.25) is 15.9 Å². The molecule has 10 heteroatoms. The van der Waals surface area contributed by atoms with Crippen molar-refractivity contribution in [2.75, 3.05) is 57.9 Å². The highest BCUT2D eigenvalue weighted by atomic mass is 32.2. The summed E-state index contributed by atoms with van der Waals surface area (Å²) in [6.45, 7) is 8.49. The molecule has 0 saturated carbocycles. The molecular formula is C21H33N3O6S. The van der Waals surface area contributed by atoms with Crippen LogP contribution in [0.15, 0.2) is 23.1 Å². The molecular weight excluding hydrogens is 422 g/mol. The summed E-state index contributed by atoms with van der Waals surface area (Å²) >= 11 is 0. The van der Waals surface area contributed by atoms with Gasteiger partial charge in [-0.3, -0.25) is 9.59 Å². The first-order valence-electron chi connectivity index (χ1n) is 10.6. The lowest BCUT2D eigenvalue weighted by Crippen LogP contribution is -2.49. The fourth-order valence-corrected chi connectivity index (χ4v) is 5.07. The Balaban J connectivity index is 2.10. The second-order valence-electron chi connectivity index (χ2n) is 7.10. The van der Waals surface area contributed by atoms with E-state index in [9.17, 15) is 18.0 Å². The number of carbonyl (C=O) groups excluding carboxylic acids is 2. The van der Waals surface area contributed by atoms with Crippen molar-refractivity contribution in [3.05, 3.63) is 18.2 Å². The molecule has 1 aromatic rings. The Morgan fingerprint density at radius 2 is 1.68 bits per heavy atom. The minimum absolute atomic E-state index is 0.0754. The Hall–Kier alpha value is -2.33. The van der Waals surface area contributed by atoms with Crippen LogP contribution in [0.3, 0.4) is 0 Å². The zero-order valence-corrected chi connectivity index (χ0v) is 19.6. The van der Waals surface area contributed by atoms with Gasteiger partial charge in [0.25, 0.3) is 0 Å². The number of carbonyl (C=O) groups is 2. The first-order valence-corrected chi connectivity index (χ1v) is 12.1. The summed E-state index contributed by atoms with van der Waals surface area (Å²) in [4.78, 5) is 27.8. The summed E-state index contributed by atoms with van der Waals surface area (Å²) in [7, 11) is -2.04. The second-order valence-corrected chi connectivity index (χ2v) is 9.03. The molecule has 0 radical (unpaired) electrons. The highest BCUT2D eigenvalue weighted by molar-refractivity contribution is 7.89. The van der Waals surface area contributed by atoms with Gasteiger partial charge in [-0.15, -0.1) is 0 Å². The van der Waals surface area contributed by atoms with E-state index in [4.69, 9.17) is 9.47 Å². The number of ether oxygens (including phenoxy) is 2. The van der Waals surface area contributed by atoms with Crippen LogP contribution in [0.1, 0.15) is 33.6 Å². The molecule has 0 spiro atoms. The predicted molar refractivity (Wildman–Crippen MR) is 118 cm³/mol. The number of methoxy groups -OCH3 is 1. The van der Waals surface area contributed by atoms with Crippen LogP contribution in [0, 0.1) is 0 Å². The number of sulfonamides is 1. The number of benzene rings is 1. The number of rotatable bonds is 10. The molecule has 1 amide bonds. The molecule has 31 heavy (non-hydrogen) atoms. The number of anilines is 1. The van der Waals surface area contributed by atoms with E-state index in [2.05, 4.69) is 0 Å². The van der Waals surface area contributed by atoms with E-state index >= 15 is 0 Å². The fourth-order valence-electron chi connectivity index (χ4n) is 3.59. The van der Waals surface area contributed by atoms with Crippen LogP contribution in [0.4, 0.5) is 5.69 Å². The first kappa shape index (κ1) is 24.9. The molecule has 0 unspecified atom stereocenters. The summed E-state index contributed by atoms with van der Waals surface area (Å²) < 4.78 is 37.6. The fraction of sp³-hybridized carbons (Fsp3) is 0.619. The lowest BCUT2D eigenvalue weighted by molar-refractivity contribution is -0.145. The number of piperazine rings is 1. The van der Waals surface area contributed by atoms with Gasteiger partial charge < -0.3 is 19.3 Å². The quantitative estimate of drug-likeness (QED) is 0.496. The van der Waals surface area contributed by atoms with Crippen molar-refractivity contribution in [2.24, 2.45) is 0 Å².